The van der Waals surface area contributed by atoms with E-state index in [9.17, 15) is 9.18 Å². The molecule has 1 amide bonds. The molecule has 4 rings (SSSR count). The number of carbonyl (C=O) groups is 1. The molecule has 1 atom stereocenters. The average Bonchev–Trinajstić information content (AvgIpc) is 3.04. The maximum absolute atomic E-state index is 13.2. The quantitative estimate of drug-likeness (QED) is 0.751. The van der Waals surface area contributed by atoms with E-state index in [1.807, 2.05) is 16.5 Å². The Morgan fingerprint density at radius 1 is 1.23 bits per heavy atom. The van der Waals surface area contributed by atoms with Gasteiger partial charge >= 0.3 is 0 Å². The molecule has 2 aliphatic heterocycles. The van der Waals surface area contributed by atoms with Crippen LogP contribution in [-0.2, 0) is 24.3 Å². The maximum atomic E-state index is 13.2. The molecule has 162 valence electrons. The van der Waals surface area contributed by atoms with Gasteiger partial charge in [-0.15, -0.1) is 0 Å². The van der Waals surface area contributed by atoms with Crippen molar-refractivity contribution in [2.45, 2.75) is 65.6 Å². The molecule has 1 aromatic heterocycles. The number of aromatic nitrogens is 2. The van der Waals surface area contributed by atoms with Gasteiger partial charge in [0.25, 0.3) is 0 Å². The van der Waals surface area contributed by atoms with Gasteiger partial charge in [0.05, 0.1) is 24.5 Å². The molecule has 1 aromatic carbocycles. The SMILES string of the molecule is Cc1nn(Cc2ccc(F)cc2)c2c1CCN(C(=O)CC1CCCN(C(C)C)C1)C2. The van der Waals surface area contributed by atoms with E-state index in [0.29, 0.717) is 31.5 Å². The fraction of sp³-hybridized carbons (Fsp3) is 0.583. The van der Waals surface area contributed by atoms with Crippen LogP contribution in [0.3, 0.4) is 0 Å². The molecule has 2 aromatic rings. The van der Waals surface area contributed by atoms with Crippen molar-refractivity contribution in [3.63, 3.8) is 0 Å². The molecule has 1 fully saturated rings. The van der Waals surface area contributed by atoms with Crippen molar-refractivity contribution in [1.82, 2.24) is 19.6 Å². The first-order valence-corrected chi connectivity index (χ1v) is 11.2. The summed E-state index contributed by atoms with van der Waals surface area (Å²) in [5, 5.41) is 4.73. The Labute approximate surface area is 178 Å². The van der Waals surface area contributed by atoms with Crippen molar-refractivity contribution >= 4 is 5.91 Å². The van der Waals surface area contributed by atoms with Crippen LogP contribution in [-0.4, -0.2) is 51.2 Å². The smallest absolute Gasteiger partial charge is 0.223 e. The number of amides is 1. The van der Waals surface area contributed by atoms with Crippen LogP contribution < -0.4 is 0 Å². The molecule has 1 unspecified atom stereocenters. The lowest BCUT2D eigenvalue weighted by Gasteiger charge is -2.36. The fourth-order valence-electron chi connectivity index (χ4n) is 4.89. The molecule has 0 aliphatic carbocycles. The molecule has 0 bridgehead atoms. The largest absolute Gasteiger partial charge is 0.336 e. The lowest BCUT2D eigenvalue weighted by molar-refractivity contribution is -0.133. The van der Waals surface area contributed by atoms with Gasteiger partial charge in [-0.3, -0.25) is 9.48 Å². The number of hydrogen-bond acceptors (Lipinski definition) is 3. The van der Waals surface area contributed by atoms with E-state index in [0.717, 1.165) is 49.4 Å². The Hall–Kier alpha value is -2.21. The van der Waals surface area contributed by atoms with E-state index in [1.54, 1.807) is 12.1 Å². The summed E-state index contributed by atoms with van der Waals surface area (Å²) in [5.74, 6) is 0.497. The number of benzene rings is 1. The first-order chi connectivity index (χ1) is 14.4. The van der Waals surface area contributed by atoms with Gasteiger partial charge in [0.2, 0.25) is 5.91 Å². The minimum atomic E-state index is -0.229. The molecule has 0 saturated carbocycles. The summed E-state index contributed by atoms with van der Waals surface area (Å²) in [6.45, 7) is 10.7. The van der Waals surface area contributed by atoms with Gasteiger partial charge in [0, 0.05) is 25.6 Å². The summed E-state index contributed by atoms with van der Waals surface area (Å²) in [7, 11) is 0. The second-order valence-electron chi connectivity index (χ2n) is 9.16. The summed E-state index contributed by atoms with van der Waals surface area (Å²) in [5.41, 5.74) is 4.45. The van der Waals surface area contributed by atoms with Crippen LogP contribution in [0.5, 0.6) is 0 Å². The van der Waals surface area contributed by atoms with Crippen LogP contribution in [0.2, 0.25) is 0 Å². The highest BCUT2D eigenvalue weighted by atomic mass is 19.1. The minimum absolute atomic E-state index is 0.229. The fourth-order valence-corrected chi connectivity index (χ4v) is 4.89. The topological polar surface area (TPSA) is 41.4 Å². The van der Waals surface area contributed by atoms with Crippen LogP contribution in [0.1, 0.15) is 55.6 Å². The predicted octanol–water partition coefficient (Wildman–Crippen LogP) is 3.77. The van der Waals surface area contributed by atoms with Crippen molar-refractivity contribution in [3.05, 3.63) is 52.6 Å². The van der Waals surface area contributed by atoms with Gasteiger partial charge in [-0.1, -0.05) is 12.1 Å². The van der Waals surface area contributed by atoms with Gasteiger partial charge in [-0.05, 0) is 75.8 Å². The van der Waals surface area contributed by atoms with Gasteiger partial charge < -0.3 is 9.80 Å². The zero-order valence-electron chi connectivity index (χ0n) is 18.4. The van der Waals surface area contributed by atoms with Gasteiger partial charge in [-0.25, -0.2) is 4.39 Å². The van der Waals surface area contributed by atoms with Crippen molar-refractivity contribution in [2.75, 3.05) is 19.6 Å². The minimum Gasteiger partial charge on any atom is -0.336 e. The second kappa shape index (κ2) is 8.88. The summed E-state index contributed by atoms with van der Waals surface area (Å²) in [6, 6.07) is 7.11. The zero-order chi connectivity index (χ0) is 21.3. The van der Waals surface area contributed by atoms with Crippen LogP contribution in [0, 0.1) is 18.7 Å². The maximum Gasteiger partial charge on any atom is 0.223 e. The molecule has 3 heterocycles. The van der Waals surface area contributed by atoms with Gasteiger partial charge in [0.15, 0.2) is 0 Å². The summed E-state index contributed by atoms with van der Waals surface area (Å²) in [6.07, 6.45) is 3.84. The van der Waals surface area contributed by atoms with Crippen molar-refractivity contribution in [1.29, 1.82) is 0 Å². The Balaban J connectivity index is 1.43. The zero-order valence-corrected chi connectivity index (χ0v) is 18.4. The van der Waals surface area contributed by atoms with E-state index in [-0.39, 0.29) is 11.7 Å². The third-order valence-corrected chi connectivity index (χ3v) is 6.68. The molecule has 5 nitrogen and oxygen atoms in total. The average molecular weight is 413 g/mol. The Kier molecular flexibility index (Phi) is 6.23. The number of nitrogens with zero attached hydrogens (tertiary/aromatic N) is 4. The number of piperidine rings is 1. The normalized spacial score (nSPS) is 19.9. The first kappa shape index (κ1) is 21.0. The van der Waals surface area contributed by atoms with Crippen LogP contribution in [0.4, 0.5) is 4.39 Å². The second-order valence-corrected chi connectivity index (χ2v) is 9.16. The summed E-state index contributed by atoms with van der Waals surface area (Å²) in [4.78, 5) is 17.6. The highest BCUT2D eigenvalue weighted by Gasteiger charge is 2.29. The van der Waals surface area contributed by atoms with E-state index < -0.39 is 0 Å². The number of hydrogen-bond donors (Lipinski definition) is 0. The molecule has 0 spiro atoms. The van der Waals surface area contributed by atoms with Crippen molar-refractivity contribution < 1.29 is 9.18 Å². The van der Waals surface area contributed by atoms with E-state index in [2.05, 4.69) is 18.7 Å². The number of carbonyl (C=O) groups excluding carboxylic acids is 1. The first-order valence-electron chi connectivity index (χ1n) is 11.2. The van der Waals surface area contributed by atoms with Crippen molar-refractivity contribution in [2.24, 2.45) is 5.92 Å². The Bertz CT molecular complexity index is 889. The van der Waals surface area contributed by atoms with Crippen LogP contribution in [0.25, 0.3) is 0 Å². The highest BCUT2D eigenvalue weighted by molar-refractivity contribution is 5.76. The lowest BCUT2D eigenvalue weighted by Crippen LogP contribution is -2.43. The van der Waals surface area contributed by atoms with E-state index >= 15 is 0 Å². The Morgan fingerprint density at radius 2 is 2.00 bits per heavy atom. The number of halogens is 1. The molecule has 1 saturated heterocycles. The third kappa shape index (κ3) is 4.59. The third-order valence-electron chi connectivity index (χ3n) is 6.68. The van der Waals surface area contributed by atoms with E-state index in [1.165, 1.54) is 24.1 Å². The lowest BCUT2D eigenvalue weighted by atomic mass is 9.93. The predicted molar refractivity (Wildman–Crippen MR) is 116 cm³/mol. The van der Waals surface area contributed by atoms with Crippen molar-refractivity contribution in [3.8, 4) is 0 Å². The van der Waals surface area contributed by atoms with E-state index in [4.69, 9.17) is 5.10 Å². The van der Waals surface area contributed by atoms with Crippen LogP contribution in [0.15, 0.2) is 24.3 Å². The molecule has 30 heavy (non-hydrogen) atoms. The number of likely N-dealkylation sites (tertiary alicyclic amines) is 1. The van der Waals surface area contributed by atoms with Crippen LogP contribution >= 0.6 is 0 Å². The molecule has 2 aliphatic rings. The standard InChI is InChI=1S/C24H33FN4O/c1-17(2)27-11-4-5-20(14-27)13-24(30)28-12-10-22-18(3)26-29(23(22)16-28)15-19-6-8-21(25)9-7-19/h6-9,17,20H,4-5,10-16H2,1-3H3. The number of aryl methyl sites for hydroxylation is 1. The highest BCUT2D eigenvalue weighted by Crippen LogP contribution is 2.26. The monoisotopic (exact) mass is 412 g/mol. The molecule has 0 radical (unpaired) electrons. The Morgan fingerprint density at radius 3 is 2.73 bits per heavy atom. The van der Waals surface area contributed by atoms with Gasteiger partial charge in [0.1, 0.15) is 5.82 Å². The number of rotatable bonds is 5. The van der Waals surface area contributed by atoms with Gasteiger partial charge in [-0.2, -0.15) is 5.10 Å². The number of fused-ring (bicyclic) bond motifs is 1. The molecular weight excluding hydrogens is 379 g/mol. The molecular formula is C24H33FN4O. The summed E-state index contributed by atoms with van der Waals surface area (Å²) < 4.78 is 15.2. The molecule has 6 heteroatoms. The molecule has 0 N–H and O–H groups in total. The summed E-state index contributed by atoms with van der Waals surface area (Å²) >= 11 is 0.